The third-order valence-corrected chi connectivity index (χ3v) is 8.01. The predicted octanol–water partition coefficient (Wildman–Crippen LogP) is 7.42. The molecule has 0 aliphatic rings. The average Bonchev–Trinajstić information content (AvgIpc) is 2.58. The van der Waals surface area contributed by atoms with Crippen molar-refractivity contribution in [3.05, 3.63) is 0 Å². The Morgan fingerprint density at radius 2 is 1.00 bits per heavy atom. The standard InChI is InChI=1S/C21H46NOP/c1-4-7-10-12-14-16-19-24(23,21-22-18-9-6-3)20-17-15-13-11-8-5-2/h22H,4-21H2,1-3H3. The van der Waals surface area contributed by atoms with Gasteiger partial charge in [0.1, 0.15) is 7.14 Å². The molecule has 146 valence electrons. The van der Waals surface area contributed by atoms with Crippen LogP contribution in [0.3, 0.4) is 0 Å². The fraction of sp³-hybridized carbons (Fsp3) is 1.00. The zero-order valence-electron chi connectivity index (χ0n) is 17.1. The van der Waals surface area contributed by atoms with Gasteiger partial charge in [-0.2, -0.15) is 0 Å². The van der Waals surface area contributed by atoms with Crippen LogP contribution in [-0.4, -0.2) is 25.2 Å². The van der Waals surface area contributed by atoms with Gasteiger partial charge in [-0.1, -0.05) is 91.4 Å². The number of unbranched alkanes of at least 4 members (excludes halogenated alkanes) is 11. The molecule has 0 aromatic rings. The van der Waals surface area contributed by atoms with Gasteiger partial charge in [0.25, 0.3) is 0 Å². The maximum Gasteiger partial charge on any atom is 0.101 e. The normalized spacial score (nSPS) is 12.0. The van der Waals surface area contributed by atoms with Crippen LogP contribution in [-0.2, 0) is 4.57 Å². The Bertz CT molecular complexity index is 274. The Morgan fingerprint density at radius 3 is 1.46 bits per heavy atom. The third-order valence-electron chi connectivity index (χ3n) is 4.95. The fourth-order valence-electron chi connectivity index (χ4n) is 3.22. The van der Waals surface area contributed by atoms with Crippen LogP contribution >= 0.6 is 7.14 Å². The quantitative estimate of drug-likeness (QED) is 0.192. The van der Waals surface area contributed by atoms with E-state index < -0.39 is 7.14 Å². The van der Waals surface area contributed by atoms with E-state index in [-0.39, 0.29) is 0 Å². The van der Waals surface area contributed by atoms with Crippen molar-refractivity contribution in [2.75, 3.05) is 25.2 Å². The first kappa shape index (κ1) is 24.2. The van der Waals surface area contributed by atoms with Crippen molar-refractivity contribution in [2.45, 2.75) is 111 Å². The monoisotopic (exact) mass is 359 g/mol. The first-order chi connectivity index (χ1) is 11.7. The minimum Gasteiger partial charge on any atom is -0.322 e. The second-order valence-electron chi connectivity index (χ2n) is 7.55. The highest BCUT2D eigenvalue weighted by atomic mass is 31.2. The maximum atomic E-state index is 13.3. The molecule has 0 aromatic heterocycles. The molecular weight excluding hydrogens is 313 g/mol. The summed E-state index contributed by atoms with van der Waals surface area (Å²) < 4.78 is 13.3. The van der Waals surface area contributed by atoms with E-state index in [0.717, 1.165) is 25.2 Å². The molecule has 0 aromatic carbocycles. The van der Waals surface area contributed by atoms with Gasteiger partial charge in [-0.15, -0.1) is 0 Å². The lowest BCUT2D eigenvalue weighted by Gasteiger charge is -2.19. The first-order valence-corrected chi connectivity index (χ1v) is 13.2. The molecule has 0 atom stereocenters. The van der Waals surface area contributed by atoms with E-state index in [1.54, 1.807) is 0 Å². The minimum atomic E-state index is -1.98. The van der Waals surface area contributed by atoms with E-state index in [1.165, 1.54) is 89.9 Å². The largest absolute Gasteiger partial charge is 0.322 e. The van der Waals surface area contributed by atoms with Crippen molar-refractivity contribution in [1.82, 2.24) is 5.32 Å². The van der Waals surface area contributed by atoms with Gasteiger partial charge in [-0.05, 0) is 25.8 Å². The zero-order chi connectivity index (χ0) is 17.9. The lowest BCUT2D eigenvalue weighted by molar-refractivity contribution is 0.554. The van der Waals surface area contributed by atoms with Crippen molar-refractivity contribution >= 4 is 7.14 Å². The topological polar surface area (TPSA) is 29.1 Å². The molecule has 0 saturated heterocycles. The molecular formula is C21H46NOP. The summed E-state index contributed by atoms with van der Waals surface area (Å²) in [6, 6.07) is 0. The smallest absolute Gasteiger partial charge is 0.101 e. The molecule has 0 fully saturated rings. The summed E-state index contributed by atoms with van der Waals surface area (Å²) in [5.41, 5.74) is 0. The molecule has 0 radical (unpaired) electrons. The Morgan fingerprint density at radius 1 is 0.583 bits per heavy atom. The van der Waals surface area contributed by atoms with Crippen LogP contribution in [0.1, 0.15) is 111 Å². The molecule has 0 amide bonds. The van der Waals surface area contributed by atoms with Crippen molar-refractivity contribution in [3.63, 3.8) is 0 Å². The van der Waals surface area contributed by atoms with Crippen LogP contribution in [0.15, 0.2) is 0 Å². The summed E-state index contributed by atoms with van der Waals surface area (Å²) in [7, 11) is -1.98. The summed E-state index contributed by atoms with van der Waals surface area (Å²) in [5, 5.41) is 3.49. The third kappa shape index (κ3) is 15.7. The maximum absolute atomic E-state index is 13.3. The van der Waals surface area contributed by atoms with Crippen LogP contribution < -0.4 is 5.32 Å². The summed E-state index contributed by atoms with van der Waals surface area (Å²) in [6.45, 7) is 7.77. The molecule has 3 heteroatoms. The molecule has 24 heavy (non-hydrogen) atoms. The lowest BCUT2D eigenvalue weighted by atomic mass is 10.1. The minimum absolute atomic E-state index is 0.789. The van der Waals surface area contributed by atoms with Crippen LogP contribution in [0.2, 0.25) is 0 Å². The van der Waals surface area contributed by atoms with Gasteiger partial charge in [-0.3, -0.25) is 0 Å². The van der Waals surface area contributed by atoms with Crippen molar-refractivity contribution in [1.29, 1.82) is 0 Å². The first-order valence-electron chi connectivity index (χ1n) is 11.0. The SMILES string of the molecule is CCCCCCCCP(=O)(CCCCCCCC)CNCCCC. The number of hydrogen-bond acceptors (Lipinski definition) is 2. The lowest BCUT2D eigenvalue weighted by Crippen LogP contribution is -2.19. The molecule has 0 rings (SSSR count). The second kappa shape index (κ2) is 18.0. The molecule has 0 aliphatic carbocycles. The van der Waals surface area contributed by atoms with E-state index in [2.05, 4.69) is 26.1 Å². The van der Waals surface area contributed by atoms with Gasteiger partial charge in [0.2, 0.25) is 0 Å². The average molecular weight is 360 g/mol. The van der Waals surface area contributed by atoms with Crippen molar-refractivity contribution < 1.29 is 4.57 Å². The van der Waals surface area contributed by atoms with Gasteiger partial charge in [-0.25, -0.2) is 0 Å². The van der Waals surface area contributed by atoms with Crippen molar-refractivity contribution in [3.8, 4) is 0 Å². The highest BCUT2D eigenvalue weighted by molar-refractivity contribution is 7.63. The van der Waals surface area contributed by atoms with E-state index in [9.17, 15) is 4.57 Å². The van der Waals surface area contributed by atoms with Crippen LogP contribution in [0.5, 0.6) is 0 Å². The molecule has 2 nitrogen and oxygen atoms in total. The summed E-state index contributed by atoms with van der Waals surface area (Å²) in [5.74, 6) is 0. The molecule has 0 spiro atoms. The summed E-state index contributed by atoms with van der Waals surface area (Å²) >= 11 is 0. The fourth-order valence-corrected chi connectivity index (χ4v) is 5.92. The van der Waals surface area contributed by atoms with Gasteiger partial charge >= 0.3 is 0 Å². The molecule has 1 N–H and O–H groups in total. The number of rotatable bonds is 19. The predicted molar refractivity (Wildman–Crippen MR) is 112 cm³/mol. The van der Waals surface area contributed by atoms with E-state index in [1.807, 2.05) is 0 Å². The van der Waals surface area contributed by atoms with Crippen LogP contribution in [0, 0.1) is 0 Å². The van der Waals surface area contributed by atoms with Gasteiger partial charge in [0, 0.05) is 18.6 Å². The molecule has 0 saturated carbocycles. The Hall–Kier alpha value is 0.190. The zero-order valence-corrected chi connectivity index (χ0v) is 18.0. The van der Waals surface area contributed by atoms with Crippen LogP contribution in [0.25, 0.3) is 0 Å². The Balaban J connectivity index is 4.01. The Kier molecular flexibility index (Phi) is 18.1. The van der Waals surface area contributed by atoms with Crippen LogP contribution in [0.4, 0.5) is 0 Å². The molecule has 0 unspecified atom stereocenters. The number of nitrogens with one attached hydrogen (secondary N) is 1. The van der Waals surface area contributed by atoms with Crippen molar-refractivity contribution in [2.24, 2.45) is 0 Å². The highest BCUT2D eigenvalue weighted by Crippen LogP contribution is 2.46. The summed E-state index contributed by atoms with van der Waals surface area (Å²) in [6.07, 6.45) is 20.7. The summed E-state index contributed by atoms with van der Waals surface area (Å²) in [4.78, 5) is 0. The van der Waals surface area contributed by atoms with E-state index >= 15 is 0 Å². The second-order valence-corrected chi connectivity index (χ2v) is 10.9. The number of hydrogen-bond donors (Lipinski definition) is 1. The van der Waals surface area contributed by atoms with Gasteiger partial charge in [0.05, 0.1) is 0 Å². The molecule has 0 heterocycles. The highest BCUT2D eigenvalue weighted by Gasteiger charge is 2.20. The van der Waals surface area contributed by atoms with E-state index in [4.69, 9.17) is 0 Å². The van der Waals surface area contributed by atoms with Gasteiger partial charge in [0.15, 0.2) is 0 Å². The molecule has 0 aliphatic heterocycles. The van der Waals surface area contributed by atoms with E-state index in [0.29, 0.717) is 0 Å². The Labute approximate surface area is 153 Å². The molecule has 0 bridgehead atoms. The van der Waals surface area contributed by atoms with Gasteiger partial charge < -0.3 is 9.88 Å².